The van der Waals surface area contributed by atoms with Gasteiger partial charge in [0.05, 0.1) is 7.11 Å². The summed E-state index contributed by atoms with van der Waals surface area (Å²) in [6.45, 7) is 3.54. The average Bonchev–Trinajstić information content (AvgIpc) is 2.60. The fraction of sp³-hybridized carbons (Fsp3) is 0.810. The molecule has 1 atom stereocenters. The molecule has 0 heterocycles. The molecule has 146 valence electrons. The smallest absolute Gasteiger partial charge is 0.351 e. The van der Waals surface area contributed by atoms with Crippen LogP contribution in [-0.2, 0) is 19.1 Å². The molecule has 0 aliphatic rings. The van der Waals surface area contributed by atoms with Crippen LogP contribution >= 0.6 is 0 Å². The molecule has 0 bridgehead atoms. The Morgan fingerprint density at radius 3 is 1.76 bits per heavy atom. The van der Waals surface area contributed by atoms with Crippen LogP contribution in [0, 0.1) is 0 Å². The maximum absolute atomic E-state index is 11.5. The molecule has 0 saturated heterocycles. The molecule has 0 aromatic heterocycles. The quantitative estimate of drug-likeness (QED) is 0.201. The van der Waals surface area contributed by atoms with Gasteiger partial charge >= 0.3 is 11.9 Å². The lowest BCUT2D eigenvalue weighted by Gasteiger charge is -2.10. The lowest BCUT2D eigenvalue weighted by molar-refractivity contribution is -0.161. The minimum absolute atomic E-state index is 0.481. The van der Waals surface area contributed by atoms with Crippen LogP contribution in [0.4, 0.5) is 0 Å². The van der Waals surface area contributed by atoms with E-state index in [-0.39, 0.29) is 0 Å². The highest BCUT2D eigenvalue weighted by atomic mass is 16.6. The average molecular weight is 355 g/mol. The number of carbonyl (C=O) groups is 2. The van der Waals surface area contributed by atoms with Crippen molar-refractivity contribution in [3.63, 3.8) is 0 Å². The molecule has 0 fully saturated rings. The highest BCUT2D eigenvalue weighted by Gasteiger charge is 2.18. The maximum atomic E-state index is 11.5. The molecule has 4 nitrogen and oxygen atoms in total. The Morgan fingerprint density at radius 1 is 0.840 bits per heavy atom. The molecule has 4 heteroatoms. The molecule has 0 aliphatic carbocycles. The third-order valence-corrected chi connectivity index (χ3v) is 4.26. The predicted molar refractivity (Wildman–Crippen MR) is 102 cm³/mol. The van der Waals surface area contributed by atoms with Crippen LogP contribution in [0.5, 0.6) is 0 Å². The molecule has 0 aromatic rings. The Balaban J connectivity index is 3.52. The van der Waals surface area contributed by atoms with Crippen molar-refractivity contribution in [1.82, 2.24) is 0 Å². The van der Waals surface area contributed by atoms with Crippen LogP contribution < -0.4 is 0 Å². The van der Waals surface area contributed by atoms with Gasteiger partial charge in [-0.2, -0.15) is 0 Å². The minimum atomic E-state index is -0.917. The van der Waals surface area contributed by atoms with E-state index in [0.29, 0.717) is 0 Å². The van der Waals surface area contributed by atoms with Crippen LogP contribution in [0.1, 0.15) is 97.3 Å². The highest BCUT2D eigenvalue weighted by molar-refractivity contribution is 5.80. The van der Waals surface area contributed by atoms with Gasteiger partial charge in [-0.15, -0.1) is 0 Å². The Hall–Kier alpha value is -1.32. The first kappa shape index (κ1) is 23.7. The summed E-state index contributed by atoms with van der Waals surface area (Å²) < 4.78 is 9.53. The lowest BCUT2D eigenvalue weighted by Crippen LogP contribution is -2.25. The van der Waals surface area contributed by atoms with E-state index in [2.05, 4.69) is 11.7 Å². The summed E-state index contributed by atoms with van der Waals surface area (Å²) in [5.74, 6) is -1.02. The van der Waals surface area contributed by atoms with Gasteiger partial charge in [0.25, 0.3) is 0 Å². The van der Waals surface area contributed by atoms with Crippen molar-refractivity contribution in [2.24, 2.45) is 0 Å². The largest absolute Gasteiger partial charge is 0.466 e. The van der Waals surface area contributed by atoms with E-state index in [1.54, 1.807) is 6.08 Å². The van der Waals surface area contributed by atoms with E-state index in [9.17, 15) is 9.59 Å². The Labute approximate surface area is 154 Å². The van der Waals surface area contributed by atoms with E-state index in [1.807, 2.05) is 6.08 Å². The molecule has 0 spiro atoms. The van der Waals surface area contributed by atoms with Gasteiger partial charge < -0.3 is 9.47 Å². The number of unbranched alkanes of at least 4 members (excludes halogenated alkanes) is 12. The van der Waals surface area contributed by atoms with Gasteiger partial charge in [-0.05, 0) is 18.9 Å². The third kappa shape index (κ3) is 15.9. The summed E-state index contributed by atoms with van der Waals surface area (Å²) >= 11 is 0. The second-order valence-electron chi connectivity index (χ2n) is 6.66. The SMILES string of the molecule is CCCCCCCCCCCCCC/C=C/[C@@H](OC(C)=O)C(=O)OC. The molecule has 0 radical (unpaired) electrons. The summed E-state index contributed by atoms with van der Waals surface area (Å²) in [6, 6.07) is 0. The standard InChI is InChI=1S/C21H38O4/c1-4-5-6-7-8-9-10-11-12-13-14-15-16-17-18-20(21(23)24-3)25-19(2)22/h17-18,20H,4-16H2,1-3H3/b18-17+/t20-/m1/s1. The predicted octanol–water partition coefficient (Wildman–Crippen LogP) is 5.74. The topological polar surface area (TPSA) is 52.6 Å². The van der Waals surface area contributed by atoms with Crippen LogP contribution in [0.15, 0.2) is 12.2 Å². The normalized spacial score (nSPS) is 12.3. The molecule has 0 aromatic carbocycles. The summed E-state index contributed by atoms with van der Waals surface area (Å²) in [6.07, 6.45) is 19.4. The third-order valence-electron chi connectivity index (χ3n) is 4.26. The number of rotatable bonds is 16. The Bertz CT molecular complexity index is 363. The van der Waals surface area contributed by atoms with E-state index in [1.165, 1.54) is 84.7 Å². The van der Waals surface area contributed by atoms with Crippen LogP contribution in [0.25, 0.3) is 0 Å². The molecule has 25 heavy (non-hydrogen) atoms. The summed E-state index contributed by atoms with van der Waals surface area (Å²) in [5.41, 5.74) is 0. The number of esters is 2. The number of ether oxygens (including phenoxy) is 2. The Kier molecular flexibility index (Phi) is 16.6. The molecular weight excluding hydrogens is 316 g/mol. The van der Waals surface area contributed by atoms with E-state index in [0.717, 1.165) is 12.8 Å². The molecule has 0 amide bonds. The van der Waals surface area contributed by atoms with Crippen LogP contribution in [-0.4, -0.2) is 25.2 Å². The van der Waals surface area contributed by atoms with Gasteiger partial charge in [-0.1, -0.05) is 83.6 Å². The first-order valence-corrected chi connectivity index (χ1v) is 10.0. The van der Waals surface area contributed by atoms with E-state index < -0.39 is 18.0 Å². The fourth-order valence-electron chi connectivity index (χ4n) is 2.78. The minimum Gasteiger partial charge on any atom is -0.466 e. The van der Waals surface area contributed by atoms with Crippen molar-refractivity contribution in [3.8, 4) is 0 Å². The van der Waals surface area contributed by atoms with E-state index in [4.69, 9.17) is 4.74 Å². The van der Waals surface area contributed by atoms with Crippen molar-refractivity contribution < 1.29 is 19.1 Å². The monoisotopic (exact) mass is 354 g/mol. The zero-order valence-corrected chi connectivity index (χ0v) is 16.6. The molecule has 0 unspecified atom stereocenters. The summed E-state index contributed by atoms with van der Waals surface area (Å²) in [7, 11) is 1.29. The van der Waals surface area contributed by atoms with Crippen molar-refractivity contribution in [2.45, 2.75) is 103 Å². The number of allylic oxidation sites excluding steroid dienone is 1. The van der Waals surface area contributed by atoms with Gasteiger partial charge in [0.15, 0.2) is 0 Å². The van der Waals surface area contributed by atoms with Gasteiger partial charge in [0, 0.05) is 6.92 Å². The van der Waals surface area contributed by atoms with Crippen LogP contribution in [0.2, 0.25) is 0 Å². The first-order chi connectivity index (χ1) is 12.1. The second-order valence-corrected chi connectivity index (χ2v) is 6.66. The van der Waals surface area contributed by atoms with Gasteiger partial charge in [-0.3, -0.25) is 4.79 Å². The number of methoxy groups -OCH3 is 1. The summed E-state index contributed by atoms with van der Waals surface area (Å²) in [5, 5.41) is 0. The van der Waals surface area contributed by atoms with Crippen molar-refractivity contribution in [1.29, 1.82) is 0 Å². The van der Waals surface area contributed by atoms with Crippen molar-refractivity contribution in [2.75, 3.05) is 7.11 Å². The van der Waals surface area contributed by atoms with E-state index >= 15 is 0 Å². The number of hydrogen-bond acceptors (Lipinski definition) is 4. The van der Waals surface area contributed by atoms with Crippen LogP contribution in [0.3, 0.4) is 0 Å². The van der Waals surface area contributed by atoms with Gasteiger partial charge in [-0.25, -0.2) is 4.79 Å². The molecule has 0 N–H and O–H groups in total. The zero-order valence-electron chi connectivity index (χ0n) is 16.6. The summed E-state index contributed by atoms with van der Waals surface area (Å²) in [4.78, 5) is 22.4. The molecule has 0 saturated carbocycles. The second kappa shape index (κ2) is 17.5. The zero-order chi connectivity index (χ0) is 18.8. The Morgan fingerprint density at radius 2 is 1.32 bits per heavy atom. The number of carbonyl (C=O) groups excluding carboxylic acids is 2. The number of hydrogen-bond donors (Lipinski definition) is 0. The van der Waals surface area contributed by atoms with Crippen molar-refractivity contribution >= 4 is 11.9 Å². The molecule has 0 rings (SSSR count). The highest BCUT2D eigenvalue weighted by Crippen LogP contribution is 2.12. The molecule has 0 aliphatic heterocycles. The molecular formula is C21H38O4. The van der Waals surface area contributed by atoms with Gasteiger partial charge in [0.2, 0.25) is 6.10 Å². The first-order valence-electron chi connectivity index (χ1n) is 10.0. The maximum Gasteiger partial charge on any atom is 0.351 e. The lowest BCUT2D eigenvalue weighted by atomic mass is 10.0. The van der Waals surface area contributed by atoms with Crippen molar-refractivity contribution in [3.05, 3.63) is 12.2 Å². The fourth-order valence-corrected chi connectivity index (χ4v) is 2.78. The van der Waals surface area contributed by atoms with Gasteiger partial charge in [0.1, 0.15) is 0 Å².